The number of allylic oxidation sites excluding steroid dienone is 2. The van der Waals surface area contributed by atoms with E-state index in [1.165, 1.54) is 19.1 Å². The van der Waals surface area contributed by atoms with E-state index in [-0.39, 0.29) is 21.6 Å². The van der Waals surface area contributed by atoms with E-state index in [1.807, 2.05) is 0 Å². The summed E-state index contributed by atoms with van der Waals surface area (Å²) < 4.78 is 29.0. The average molecular weight is 409 g/mol. The minimum Gasteiger partial charge on any atom is -0.291 e. The second-order valence-electron chi connectivity index (χ2n) is 5.91. The van der Waals surface area contributed by atoms with E-state index in [1.54, 1.807) is 32.0 Å². The van der Waals surface area contributed by atoms with Crippen molar-refractivity contribution in [2.75, 3.05) is 0 Å². The summed E-state index contributed by atoms with van der Waals surface area (Å²) in [6, 6.07) is 7.73. The molecule has 0 amide bonds. The van der Waals surface area contributed by atoms with Crippen molar-refractivity contribution in [2.24, 2.45) is 10.3 Å². The maximum atomic E-state index is 12.6. The van der Waals surface area contributed by atoms with Gasteiger partial charge in [0.25, 0.3) is 10.0 Å². The number of ketones is 1. The van der Waals surface area contributed by atoms with Crippen LogP contribution in [0, 0.1) is 5.92 Å². The highest BCUT2D eigenvalue weighted by Gasteiger charge is 2.49. The Bertz CT molecular complexity index is 827. The Morgan fingerprint density at radius 2 is 1.75 bits per heavy atom. The van der Waals surface area contributed by atoms with Crippen molar-refractivity contribution >= 4 is 56.3 Å². The van der Waals surface area contributed by atoms with Crippen molar-refractivity contribution < 1.29 is 13.2 Å². The highest BCUT2D eigenvalue weighted by molar-refractivity contribution is 7.90. The molecule has 0 bridgehead atoms. The summed E-state index contributed by atoms with van der Waals surface area (Å²) in [5.41, 5.74) is 0.317. The molecule has 0 N–H and O–H groups in total. The number of nitrogens with zero attached hydrogens (tertiary/aromatic N) is 1. The highest BCUT2D eigenvalue weighted by atomic mass is 35.5. The third-order valence-electron chi connectivity index (χ3n) is 3.71. The summed E-state index contributed by atoms with van der Waals surface area (Å²) in [6.45, 7) is 4.95. The van der Waals surface area contributed by atoms with Gasteiger partial charge in [-0.25, -0.2) is 0 Å². The van der Waals surface area contributed by atoms with Crippen molar-refractivity contribution in [3.8, 4) is 0 Å². The number of rotatable bonds is 3. The highest BCUT2D eigenvalue weighted by Crippen LogP contribution is 2.40. The average Bonchev–Trinajstić information content (AvgIpc) is 2.51. The fraction of sp³-hybridized carbons (Fsp3) is 0.375. The van der Waals surface area contributed by atoms with Crippen LogP contribution in [-0.2, 0) is 14.8 Å². The van der Waals surface area contributed by atoms with Gasteiger partial charge in [-0.15, -0.1) is 23.2 Å². The third-order valence-corrected chi connectivity index (χ3v) is 6.53. The van der Waals surface area contributed by atoms with Gasteiger partial charge in [0.05, 0.1) is 15.6 Å². The molecule has 1 aromatic rings. The summed E-state index contributed by atoms with van der Waals surface area (Å²) in [4.78, 5) is 10.8. The van der Waals surface area contributed by atoms with E-state index >= 15 is 0 Å². The molecule has 0 saturated carbocycles. The molecule has 0 aromatic heterocycles. The van der Waals surface area contributed by atoms with Crippen molar-refractivity contribution in [3.63, 3.8) is 0 Å². The number of sulfonamides is 1. The molecule has 2 atom stereocenters. The van der Waals surface area contributed by atoms with Crippen LogP contribution in [0.4, 0.5) is 0 Å². The Morgan fingerprint density at radius 3 is 2.25 bits per heavy atom. The van der Waals surface area contributed by atoms with Crippen LogP contribution < -0.4 is 0 Å². The van der Waals surface area contributed by atoms with Gasteiger partial charge in [0.2, 0.25) is 0 Å². The maximum absolute atomic E-state index is 12.6. The van der Waals surface area contributed by atoms with Gasteiger partial charge in [-0.1, -0.05) is 43.6 Å². The van der Waals surface area contributed by atoms with Crippen LogP contribution in [0.3, 0.4) is 0 Å². The number of carbonyl (C=O) groups excluding carboxylic acids is 1. The van der Waals surface area contributed by atoms with Gasteiger partial charge < -0.3 is 0 Å². The fourth-order valence-corrected chi connectivity index (χ4v) is 4.53. The van der Waals surface area contributed by atoms with Gasteiger partial charge in [0, 0.05) is 5.57 Å². The number of hydrogen-bond donors (Lipinski definition) is 0. The number of alkyl halides is 2. The van der Waals surface area contributed by atoms with E-state index in [9.17, 15) is 13.2 Å². The lowest BCUT2D eigenvalue weighted by atomic mass is 9.82. The van der Waals surface area contributed by atoms with Crippen LogP contribution in [0.5, 0.6) is 0 Å². The number of halogens is 3. The van der Waals surface area contributed by atoms with E-state index < -0.39 is 26.1 Å². The molecule has 0 spiro atoms. The van der Waals surface area contributed by atoms with E-state index in [2.05, 4.69) is 4.40 Å². The molecule has 1 aromatic carbocycles. The number of benzene rings is 1. The zero-order chi connectivity index (χ0) is 18.3. The molecular formula is C16H16Cl3NO3S. The molecule has 2 rings (SSSR count). The van der Waals surface area contributed by atoms with E-state index in [0.29, 0.717) is 5.57 Å². The summed E-state index contributed by atoms with van der Waals surface area (Å²) in [6.07, 6.45) is 0. The molecule has 0 aliphatic heterocycles. The summed E-state index contributed by atoms with van der Waals surface area (Å²) >= 11 is 18.7. The normalized spacial score (nSPS) is 27.2. The predicted molar refractivity (Wildman–Crippen MR) is 97.7 cm³/mol. The maximum Gasteiger partial charge on any atom is 0.282 e. The molecule has 4 nitrogen and oxygen atoms in total. The van der Waals surface area contributed by atoms with Gasteiger partial charge in [0.15, 0.2) is 5.78 Å². The predicted octanol–water partition coefficient (Wildman–Crippen LogP) is 4.15. The Kier molecular flexibility index (Phi) is 5.50. The first-order chi connectivity index (χ1) is 11.0. The lowest BCUT2D eigenvalue weighted by Crippen LogP contribution is -2.49. The van der Waals surface area contributed by atoms with Crippen LogP contribution in [0.2, 0.25) is 0 Å². The zero-order valence-corrected chi connectivity index (χ0v) is 16.3. The molecule has 0 heterocycles. The Balaban J connectivity index is 2.72. The van der Waals surface area contributed by atoms with Crippen molar-refractivity contribution in [2.45, 2.75) is 35.9 Å². The molecule has 0 saturated heterocycles. The smallest absolute Gasteiger partial charge is 0.282 e. The lowest BCUT2D eigenvalue weighted by Gasteiger charge is -2.34. The largest absolute Gasteiger partial charge is 0.291 e. The molecule has 0 fully saturated rings. The van der Waals surface area contributed by atoms with Gasteiger partial charge in [-0.05, 0) is 25.0 Å². The molecule has 130 valence electrons. The molecule has 0 radical (unpaired) electrons. The monoisotopic (exact) mass is 407 g/mol. The van der Waals surface area contributed by atoms with E-state index in [0.717, 1.165) is 0 Å². The van der Waals surface area contributed by atoms with Gasteiger partial charge >= 0.3 is 0 Å². The second-order valence-corrected chi connectivity index (χ2v) is 9.12. The summed E-state index contributed by atoms with van der Waals surface area (Å²) in [7, 11) is -4.01. The standard InChI is InChI=1S/C16H16Cl3NO3S/c1-9(2)11-12(17)15(21)16(3,19)14(18)13(11)20-24(22,23)10-7-5-4-6-8-10/h4-9,14H,1-3H3/t14-,16+/m1/s1. The van der Waals surface area contributed by atoms with Gasteiger partial charge in [0.1, 0.15) is 10.3 Å². The third kappa shape index (κ3) is 3.40. The molecule has 24 heavy (non-hydrogen) atoms. The molecule has 1 aliphatic rings. The minimum absolute atomic E-state index is 0.0117. The van der Waals surface area contributed by atoms with Crippen LogP contribution >= 0.6 is 34.8 Å². The number of carbonyl (C=O) groups is 1. The van der Waals surface area contributed by atoms with E-state index in [4.69, 9.17) is 34.8 Å². The fourth-order valence-electron chi connectivity index (χ4n) is 2.38. The van der Waals surface area contributed by atoms with Crippen LogP contribution in [0.1, 0.15) is 20.8 Å². The lowest BCUT2D eigenvalue weighted by molar-refractivity contribution is -0.117. The second kappa shape index (κ2) is 6.79. The van der Waals surface area contributed by atoms with Crippen molar-refractivity contribution in [1.82, 2.24) is 0 Å². The first-order valence-electron chi connectivity index (χ1n) is 7.18. The Hall–Kier alpha value is -0.880. The van der Waals surface area contributed by atoms with Crippen LogP contribution in [-0.4, -0.2) is 30.2 Å². The molecule has 1 aliphatic carbocycles. The van der Waals surface area contributed by atoms with Gasteiger partial charge in [-0.2, -0.15) is 12.8 Å². The van der Waals surface area contributed by atoms with Crippen LogP contribution in [0.15, 0.2) is 50.2 Å². The van der Waals surface area contributed by atoms with Crippen LogP contribution in [0.25, 0.3) is 0 Å². The van der Waals surface area contributed by atoms with Crippen molar-refractivity contribution in [1.29, 1.82) is 0 Å². The quantitative estimate of drug-likeness (QED) is 0.706. The van der Waals surface area contributed by atoms with Gasteiger partial charge in [-0.3, -0.25) is 4.79 Å². The first-order valence-corrected chi connectivity index (χ1v) is 9.81. The Labute approximate surface area is 156 Å². The minimum atomic E-state index is -4.01. The first kappa shape index (κ1) is 19.4. The summed E-state index contributed by atoms with van der Waals surface area (Å²) in [5, 5.41) is -1.24. The zero-order valence-electron chi connectivity index (χ0n) is 13.3. The number of hydrogen-bond acceptors (Lipinski definition) is 3. The molecule has 0 unspecified atom stereocenters. The number of Topliss-reactive ketones (excluding diaryl/α,β-unsaturated/α-hetero) is 1. The Morgan fingerprint density at radius 1 is 1.21 bits per heavy atom. The topological polar surface area (TPSA) is 63.6 Å². The summed E-state index contributed by atoms with van der Waals surface area (Å²) in [5.74, 6) is -0.786. The molecule has 8 heteroatoms. The SMILES string of the molecule is CC(C)C1=C(Cl)C(=O)[C@@](C)(Cl)[C@H](Cl)C1=NS(=O)(=O)c1ccccc1. The van der Waals surface area contributed by atoms with Crippen molar-refractivity contribution in [3.05, 3.63) is 40.9 Å². The molecular weight excluding hydrogens is 393 g/mol.